The molecule has 0 amide bonds. The lowest BCUT2D eigenvalue weighted by Crippen LogP contribution is -2.13. The van der Waals surface area contributed by atoms with Gasteiger partial charge in [-0.3, -0.25) is 4.79 Å². The molecule has 1 aromatic carbocycles. The van der Waals surface area contributed by atoms with Gasteiger partial charge in [-0.2, -0.15) is 0 Å². The predicted molar refractivity (Wildman–Crippen MR) is 88.4 cm³/mol. The maximum atomic E-state index is 11.5. The number of benzene rings is 1. The lowest BCUT2D eigenvalue weighted by atomic mass is 9.85. The second-order valence-electron chi connectivity index (χ2n) is 5.55. The smallest absolute Gasteiger partial charge is 0.306 e. The molecule has 0 spiro atoms. The first-order chi connectivity index (χ1) is 10.3. The van der Waals surface area contributed by atoms with E-state index in [0.29, 0.717) is 18.9 Å². The molecule has 1 aliphatic carbocycles. The molecule has 1 aliphatic rings. The van der Waals surface area contributed by atoms with E-state index in [0.717, 1.165) is 19.3 Å². The quantitative estimate of drug-likeness (QED) is 0.740. The molecule has 1 heterocycles. The Morgan fingerprint density at radius 2 is 2.29 bits per heavy atom. The molecule has 0 aliphatic heterocycles. The molecule has 3 heteroatoms. The molecular weight excluding hydrogens is 280 g/mol. The van der Waals surface area contributed by atoms with Gasteiger partial charge in [-0.15, -0.1) is 11.3 Å². The molecule has 1 aromatic heterocycles. The summed E-state index contributed by atoms with van der Waals surface area (Å²) in [4.78, 5) is 11.5. The molecule has 2 aromatic rings. The minimum absolute atomic E-state index is 0.0564. The Bertz CT molecular complexity index is 669. The molecule has 21 heavy (non-hydrogen) atoms. The minimum Gasteiger partial charge on any atom is -0.466 e. The number of hydrogen-bond donors (Lipinski definition) is 0. The average Bonchev–Trinajstić information content (AvgIpc) is 2.95. The molecule has 0 radical (unpaired) electrons. The van der Waals surface area contributed by atoms with Gasteiger partial charge in [-0.25, -0.2) is 0 Å². The second-order valence-corrected chi connectivity index (χ2v) is 6.50. The monoisotopic (exact) mass is 300 g/mol. The zero-order valence-corrected chi connectivity index (χ0v) is 13.1. The van der Waals surface area contributed by atoms with Crippen LogP contribution >= 0.6 is 11.3 Å². The highest BCUT2D eigenvalue weighted by Crippen LogP contribution is 2.33. The molecule has 0 fully saturated rings. The van der Waals surface area contributed by atoms with Crippen molar-refractivity contribution in [2.75, 3.05) is 6.61 Å². The summed E-state index contributed by atoms with van der Waals surface area (Å²) in [6.45, 7) is 2.34. The molecular formula is C18H20O2S. The summed E-state index contributed by atoms with van der Waals surface area (Å²) >= 11 is 1.78. The topological polar surface area (TPSA) is 26.3 Å². The standard InChI is InChI=1S/C18H20O2S/c1-2-20-18(19)11-13-3-5-14(6-4-13)15-7-8-17-16(12-15)9-10-21-17/h5,7-10,12-13H,2-4,6,11H2,1H3. The summed E-state index contributed by atoms with van der Waals surface area (Å²) < 4.78 is 6.38. The average molecular weight is 300 g/mol. The van der Waals surface area contributed by atoms with Crippen molar-refractivity contribution in [1.82, 2.24) is 0 Å². The summed E-state index contributed by atoms with van der Waals surface area (Å²) in [6.07, 6.45) is 5.98. The highest BCUT2D eigenvalue weighted by Gasteiger charge is 2.19. The van der Waals surface area contributed by atoms with Gasteiger partial charge in [0, 0.05) is 11.1 Å². The number of carbonyl (C=O) groups is 1. The van der Waals surface area contributed by atoms with Gasteiger partial charge < -0.3 is 4.74 Å². The fourth-order valence-corrected chi connectivity index (χ4v) is 3.73. The van der Waals surface area contributed by atoms with Crippen molar-refractivity contribution >= 4 is 33.0 Å². The van der Waals surface area contributed by atoms with Crippen molar-refractivity contribution in [3.63, 3.8) is 0 Å². The van der Waals surface area contributed by atoms with Crippen molar-refractivity contribution in [3.05, 3.63) is 41.3 Å². The third-order valence-electron chi connectivity index (χ3n) is 4.10. The maximum Gasteiger partial charge on any atom is 0.306 e. The maximum absolute atomic E-state index is 11.5. The zero-order chi connectivity index (χ0) is 14.7. The molecule has 110 valence electrons. The van der Waals surface area contributed by atoms with Gasteiger partial charge in [0.1, 0.15) is 0 Å². The number of ether oxygens (including phenoxy) is 1. The summed E-state index contributed by atoms with van der Waals surface area (Å²) in [7, 11) is 0. The van der Waals surface area contributed by atoms with Gasteiger partial charge >= 0.3 is 5.97 Å². The molecule has 0 bridgehead atoms. The summed E-state index contributed by atoms with van der Waals surface area (Å²) in [5.41, 5.74) is 2.75. The van der Waals surface area contributed by atoms with Crippen LogP contribution < -0.4 is 0 Å². The molecule has 0 saturated carbocycles. The van der Waals surface area contributed by atoms with E-state index in [9.17, 15) is 4.79 Å². The number of carbonyl (C=O) groups excluding carboxylic acids is 1. The Hall–Kier alpha value is -1.61. The van der Waals surface area contributed by atoms with Crippen molar-refractivity contribution in [1.29, 1.82) is 0 Å². The Balaban J connectivity index is 1.67. The molecule has 2 nitrogen and oxygen atoms in total. The van der Waals surface area contributed by atoms with Gasteiger partial charge in [-0.05, 0) is 72.2 Å². The highest BCUT2D eigenvalue weighted by atomic mass is 32.1. The summed E-state index contributed by atoms with van der Waals surface area (Å²) in [5.74, 6) is 0.386. The normalized spacial score (nSPS) is 18.5. The predicted octanol–water partition coefficient (Wildman–Crippen LogP) is 5.04. The van der Waals surface area contributed by atoms with Crippen LogP contribution in [-0.2, 0) is 9.53 Å². The van der Waals surface area contributed by atoms with Gasteiger partial charge in [0.2, 0.25) is 0 Å². The van der Waals surface area contributed by atoms with Crippen molar-refractivity contribution in [3.8, 4) is 0 Å². The highest BCUT2D eigenvalue weighted by molar-refractivity contribution is 7.17. The van der Waals surface area contributed by atoms with Crippen LogP contribution in [0, 0.1) is 5.92 Å². The third-order valence-corrected chi connectivity index (χ3v) is 5.00. The number of thiophene rings is 1. The van der Waals surface area contributed by atoms with Gasteiger partial charge in [0.05, 0.1) is 6.61 Å². The molecule has 3 rings (SSSR count). The van der Waals surface area contributed by atoms with E-state index in [-0.39, 0.29) is 5.97 Å². The number of hydrogen-bond acceptors (Lipinski definition) is 3. The van der Waals surface area contributed by atoms with Crippen LogP contribution in [0.3, 0.4) is 0 Å². The summed E-state index contributed by atoms with van der Waals surface area (Å²) in [5, 5.41) is 3.46. The molecule has 1 unspecified atom stereocenters. The van der Waals surface area contributed by atoms with Gasteiger partial charge in [0.25, 0.3) is 0 Å². The fourth-order valence-electron chi connectivity index (χ4n) is 2.96. The Morgan fingerprint density at radius 1 is 1.38 bits per heavy atom. The summed E-state index contributed by atoms with van der Waals surface area (Å²) in [6, 6.07) is 8.89. The molecule has 1 atom stereocenters. The van der Waals surface area contributed by atoms with Crippen LogP contribution in [0.15, 0.2) is 35.7 Å². The minimum atomic E-state index is -0.0564. The van der Waals surface area contributed by atoms with E-state index in [4.69, 9.17) is 4.74 Å². The Labute approximate surface area is 129 Å². The van der Waals surface area contributed by atoms with E-state index < -0.39 is 0 Å². The van der Waals surface area contributed by atoms with Crippen molar-refractivity contribution < 1.29 is 9.53 Å². The first kappa shape index (κ1) is 14.3. The zero-order valence-electron chi connectivity index (χ0n) is 12.3. The first-order valence-corrected chi connectivity index (χ1v) is 8.46. The van der Waals surface area contributed by atoms with Crippen LogP contribution in [0.25, 0.3) is 15.7 Å². The first-order valence-electron chi connectivity index (χ1n) is 7.58. The SMILES string of the molecule is CCOC(=O)CC1CC=C(c2ccc3sccc3c2)CC1. The Morgan fingerprint density at radius 3 is 3.05 bits per heavy atom. The van der Waals surface area contributed by atoms with Gasteiger partial charge in [-0.1, -0.05) is 12.1 Å². The van der Waals surface area contributed by atoms with Crippen LogP contribution in [0.1, 0.15) is 38.2 Å². The van der Waals surface area contributed by atoms with E-state index in [1.807, 2.05) is 6.92 Å². The largest absolute Gasteiger partial charge is 0.466 e. The van der Waals surface area contributed by atoms with E-state index in [2.05, 4.69) is 35.7 Å². The molecule has 0 saturated heterocycles. The van der Waals surface area contributed by atoms with E-state index >= 15 is 0 Å². The fraction of sp³-hybridized carbons (Fsp3) is 0.389. The number of esters is 1. The number of fused-ring (bicyclic) bond motifs is 1. The van der Waals surface area contributed by atoms with Crippen LogP contribution in [-0.4, -0.2) is 12.6 Å². The lowest BCUT2D eigenvalue weighted by Gasteiger charge is -2.21. The Kier molecular flexibility index (Phi) is 4.39. The van der Waals surface area contributed by atoms with Crippen LogP contribution in [0.5, 0.6) is 0 Å². The van der Waals surface area contributed by atoms with E-state index in [1.165, 1.54) is 21.2 Å². The lowest BCUT2D eigenvalue weighted by molar-refractivity contribution is -0.144. The van der Waals surface area contributed by atoms with Crippen LogP contribution in [0.2, 0.25) is 0 Å². The van der Waals surface area contributed by atoms with Gasteiger partial charge in [0.15, 0.2) is 0 Å². The van der Waals surface area contributed by atoms with Crippen molar-refractivity contribution in [2.45, 2.75) is 32.6 Å². The second kappa shape index (κ2) is 6.44. The number of allylic oxidation sites excluding steroid dienone is 2. The van der Waals surface area contributed by atoms with Crippen molar-refractivity contribution in [2.24, 2.45) is 5.92 Å². The van der Waals surface area contributed by atoms with E-state index in [1.54, 1.807) is 11.3 Å². The van der Waals surface area contributed by atoms with Crippen LogP contribution in [0.4, 0.5) is 0 Å². The third kappa shape index (κ3) is 3.35. The molecule has 0 N–H and O–H groups in total. The number of rotatable bonds is 4.